The SMILES string of the molecule is CN[C@H](CN(CCOC)CCOC)C(C)C. The van der Waals surface area contributed by atoms with E-state index in [1.165, 1.54) is 0 Å². The molecule has 0 saturated carbocycles. The number of likely N-dealkylation sites (N-methyl/N-ethyl adjacent to an activating group) is 1. The van der Waals surface area contributed by atoms with Crippen molar-refractivity contribution >= 4 is 0 Å². The number of ether oxygens (including phenoxy) is 2. The van der Waals surface area contributed by atoms with E-state index < -0.39 is 0 Å². The Bertz CT molecular complexity index is 146. The summed E-state index contributed by atoms with van der Waals surface area (Å²) in [6.07, 6.45) is 0. The van der Waals surface area contributed by atoms with Gasteiger partial charge in [0, 0.05) is 39.9 Å². The van der Waals surface area contributed by atoms with Crippen LogP contribution in [0, 0.1) is 5.92 Å². The van der Waals surface area contributed by atoms with Crippen LogP contribution in [0.3, 0.4) is 0 Å². The number of rotatable bonds is 10. The molecule has 0 aromatic heterocycles. The van der Waals surface area contributed by atoms with E-state index in [1.54, 1.807) is 14.2 Å². The van der Waals surface area contributed by atoms with Crippen molar-refractivity contribution < 1.29 is 9.47 Å². The van der Waals surface area contributed by atoms with Crippen LogP contribution in [0.25, 0.3) is 0 Å². The Morgan fingerprint density at radius 1 is 1.06 bits per heavy atom. The molecule has 0 bridgehead atoms. The molecule has 0 heterocycles. The van der Waals surface area contributed by atoms with Crippen LogP contribution in [0.15, 0.2) is 0 Å². The van der Waals surface area contributed by atoms with Gasteiger partial charge in [-0.25, -0.2) is 0 Å². The van der Waals surface area contributed by atoms with Crippen LogP contribution < -0.4 is 5.32 Å². The summed E-state index contributed by atoms with van der Waals surface area (Å²) in [5.74, 6) is 0.637. The molecule has 4 heteroatoms. The van der Waals surface area contributed by atoms with E-state index in [0.717, 1.165) is 32.8 Å². The summed E-state index contributed by atoms with van der Waals surface area (Å²) >= 11 is 0. The van der Waals surface area contributed by atoms with Gasteiger partial charge in [-0.3, -0.25) is 4.90 Å². The summed E-state index contributed by atoms with van der Waals surface area (Å²) in [7, 11) is 5.51. The van der Waals surface area contributed by atoms with E-state index in [0.29, 0.717) is 12.0 Å². The van der Waals surface area contributed by atoms with Gasteiger partial charge in [-0.1, -0.05) is 13.8 Å². The van der Waals surface area contributed by atoms with Crippen molar-refractivity contribution in [3.63, 3.8) is 0 Å². The average molecular weight is 232 g/mol. The molecule has 0 aromatic rings. The number of hydrogen-bond acceptors (Lipinski definition) is 4. The number of nitrogens with one attached hydrogen (secondary N) is 1. The topological polar surface area (TPSA) is 33.7 Å². The molecule has 1 atom stereocenters. The summed E-state index contributed by atoms with van der Waals surface area (Å²) in [6, 6.07) is 0.522. The fraction of sp³-hybridized carbons (Fsp3) is 1.00. The summed E-state index contributed by atoms with van der Waals surface area (Å²) in [4.78, 5) is 2.38. The normalized spacial score (nSPS) is 13.7. The zero-order chi connectivity index (χ0) is 12.4. The van der Waals surface area contributed by atoms with Gasteiger partial charge in [0.15, 0.2) is 0 Å². The third-order valence-electron chi connectivity index (χ3n) is 2.85. The quantitative estimate of drug-likeness (QED) is 0.605. The van der Waals surface area contributed by atoms with Crippen LogP contribution in [0.1, 0.15) is 13.8 Å². The molecule has 98 valence electrons. The van der Waals surface area contributed by atoms with E-state index >= 15 is 0 Å². The lowest BCUT2D eigenvalue weighted by atomic mass is 10.0. The second-order valence-electron chi connectivity index (χ2n) is 4.43. The van der Waals surface area contributed by atoms with Gasteiger partial charge in [-0.05, 0) is 13.0 Å². The van der Waals surface area contributed by atoms with Gasteiger partial charge < -0.3 is 14.8 Å². The van der Waals surface area contributed by atoms with Gasteiger partial charge in [0.25, 0.3) is 0 Å². The van der Waals surface area contributed by atoms with Crippen molar-refractivity contribution in [1.29, 1.82) is 0 Å². The molecular formula is C12H28N2O2. The predicted octanol–water partition coefficient (Wildman–Crippen LogP) is 0.825. The van der Waals surface area contributed by atoms with Crippen molar-refractivity contribution in [2.75, 3.05) is 54.1 Å². The van der Waals surface area contributed by atoms with Crippen molar-refractivity contribution in [2.24, 2.45) is 5.92 Å². The lowest BCUT2D eigenvalue weighted by Gasteiger charge is -2.29. The molecule has 0 aliphatic carbocycles. The second kappa shape index (κ2) is 10.0. The van der Waals surface area contributed by atoms with Crippen LogP contribution in [0.2, 0.25) is 0 Å². The lowest BCUT2D eigenvalue weighted by Crippen LogP contribution is -2.44. The molecule has 0 aliphatic rings. The van der Waals surface area contributed by atoms with Crippen LogP contribution in [-0.2, 0) is 9.47 Å². The zero-order valence-electron chi connectivity index (χ0n) is 11.5. The van der Waals surface area contributed by atoms with Crippen molar-refractivity contribution in [3.05, 3.63) is 0 Å². The van der Waals surface area contributed by atoms with Crippen LogP contribution in [0.4, 0.5) is 0 Å². The predicted molar refractivity (Wildman–Crippen MR) is 67.9 cm³/mol. The van der Waals surface area contributed by atoms with Gasteiger partial charge in [-0.15, -0.1) is 0 Å². The summed E-state index contributed by atoms with van der Waals surface area (Å²) in [5.41, 5.74) is 0. The van der Waals surface area contributed by atoms with Gasteiger partial charge in [0.1, 0.15) is 0 Å². The second-order valence-corrected chi connectivity index (χ2v) is 4.43. The van der Waals surface area contributed by atoms with Crippen molar-refractivity contribution in [3.8, 4) is 0 Å². The first-order valence-electron chi connectivity index (χ1n) is 6.03. The zero-order valence-corrected chi connectivity index (χ0v) is 11.5. The minimum atomic E-state index is 0.522. The Balaban J connectivity index is 4.04. The fourth-order valence-corrected chi connectivity index (χ4v) is 1.65. The van der Waals surface area contributed by atoms with Crippen molar-refractivity contribution in [1.82, 2.24) is 10.2 Å². The third-order valence-corrected chi connectivity index (χ3v) is 2.85. The first-order valence-corrected chi connectivity index (χ1v) is 6.03. The summed E-state index contributed by atoms with van der Waals surface area (Å²) in [6.45, 7) is 9.00. The van der Waals surface area contributed by atoms with Crippen molar-refractivity contribution in [2.45, 2.75) is 19.9 Å². The van der Waals surface area contributed by atoms with E-state index in [9.17, 15) is 0 Å². The molecule has 0 fully saturated rings. The summed E-state index contributed by atoms with van der Waals surface area (Å²) in [5, 5.41) is 3.36. The molecule has 0 saturated heterocycles. The van der Waals surface area contributed by atoms with Crippen LogP contribution >= 0.6 is 0 Å². The highest BCUT2D eigenvalue weighted by molar-refractivity contribution is 4.73. The maximum absolute atomic E-state index is 5.13. The first kappa shape index (κ1) is 15.8. The van der Waals surface area contributed by atoms with Gasteiger partial charge >= 0.3 is 0 Å². The van der Waals surface area contributed by atoms with Gasteiger partial charge in [-0.2, -0.15) is 0 Å². The minimum absolute atomic E-state index is 0.522. The first-order chi connectivity index (χ1) is 7.65. The molecule has 16 heavy (non-hydrogen) atoms. The van der Waals surface area contributed by atoms with Crippen LogP contribution in [0.5, 0.6) is 0 Å². The Hall–Kier alpha value is -0.160. The molecule has 0 radical (unpaired) electrons. The molecule has 0 aliphatic heterocycles. The highest BCUT2D eigenvalue weighted by atomic mass is 16.5. The maximum atomic E-state index is 5.13. The van der Waals surface area contributed by atoms with E-state index in [-0.39, 0.29) is 0 Å². The third kappa shape index (κ3) is 7.17. The standard InChI is InChI=1S/C12H28N2O2/c1-11(2)12(13-3)10-14(6-8-15-4)7-9-16-5/h11-13H,6-10H2,1-5H3/t12-/m1/s1. The Labute approximate surface area is 100 Å². The smallest absolute Gasteiger partial charge is 0.0589 e. The fourth-order valence-electron chi connectivity index (χ4n) is 1.65. The maximum Gasteiger partial charge on any atom is 0.0589 e. The molecule has 0 amide bonds. The molecule has 4 nitrogen and oxygen atoms in total. The lowest BCUT2D eigenvalue weighted by molar-refractivity contribution is 0.104. The molecular weight excluding hydrogens is 204 g/mol. The molecule has 1 N–H and O–H groups in total. The molecule has 0 aromatic carbocycles. The largest absolute Gasteiger partial charge is 0.383 e. The molecule has 0 unspecified atom stereocenters. The highest BCUT2D eigenvalue weighted by Crippen LogP contribution is 2.03. The molecule has 0 spiro atoms. The number of nitrogens with zero attached hydrogens (tertiary/aromatic N) is 1. The van der Waals surface area contributed by atoms with E-state index in [1.807, 2.05) is 7.05 Å². The monoisotopic (exact) mass is 232 g/mol. The van der Waals surface area contributed by atoms with Gasteiger partial charge in [0.2, 0.25) is 0 Å². The van der Waals surface area contributed by atoms with E-state index in [4.69, 9.17) is 9.47 Å². The van der Waals surface area contributed by atoms with Crippen LogP contribution in [-0.4, -0.2) is 65.1 Å². The molecule has 0 rings (SSSR count). The van der Waals surface area contributed by atoms with E-state index in [2.05, 4.69) is 24.1 Å². The number of methoxy groups -OCH3 is 2. The minimum Gasteiger partial charge on any atom is -0.383 e. The Morgan fingerprint density at radius 2 is 1.56 bits per heavy atom. The van der Waals surface area contributed by atoms with Gasteiger partial charge in [0.05, 0.1) is 13.2 Å². The Kier molecular flexibility index (Phi) is 9.92. The number of hydrogen-bond donors (Lipinski definition) is 1. The highest BCUT2D eigenvalue weighted by Gasteiger charge is 2.15. The summed E-state index contributed by atoms with van der Waals surface area (Å²) < 4.78 is 10.3. The average Bonchev–Trinajstić information content (AvgIpc) is 2.27. The Morgan fingerprint density at radius 3 is 1.88 bits per heavy atom.